The van der Waals surface area contributed by atoms with Crippen LogP contribution in [0.3, 0.4) is 0 Å². The first-order valence-electron chi connectivity index (χ1n) is 14.9. The van der Waals surface area contributed by atoms with Crippen LogP contribution in [-0.4, -0.2) is 41.0 Å². The lowest BCUT2D eigenvalue weighted by molar-refractivity contribution is -0.127. The first kappa shape index (κ1) is 30.6. The number of hydrogen-bond donors (Lipinski definition) is 6. The average molecular weight is 647 g/mol. The van der Waals surface area contributed by atoms with Gasteiger partial charge in [-0.2, -0.15) is 5.10 Å². The summed E-state index contributed by atoms with van der Waals surface area (Å²) >= 11 is 6.69. The van der Waals surface area contributed by atoms with Gasteiger partial charge >= 0.3 is 0 Å². The first-order chi connectivity index (χ1) is 21.7. The number of carbonyl (C=O) groups excluding carboxylic acids is 1. The van der Waals surface area contributed by atoms with E-state index in [-0.39, 0.29) is 16.7 Å². The molecule has 1 aliphatic carbocycles. The van der Waals surface area contributed by atoms with Crippen molar-refractivity contribution in [3.05, 3.63) is 89.3 Å². The molecule has 1 unspecified atom stereocenters. The van der Waals surface area contributed by atoms with E-state index in [4.69, 9.17) is 28.1 Å². The van der Waals surface area contributed by atoms with Gasteiger partial charge in [-0.1, -0.05) is 48.0 Å². The molecular weight excluding hydrogens is 612 g/mol. The Morgan fingerprint density at radius 2 is 1.80 bits per heavy atom. The highest BCUT2D eigenvalue weighted by atomic mass is 35.5. The fourth-order valence-electron chi connectivity index (χ4n) is 5.89. The number of benzene rings is 3. The number of H-pyrrole nitrogens is 2. The maximum Gasteiger partial charge on any atom is 0.261 e. The average Bonchev–Trinajstić information content (AvgIpc) is 3.62. The monoisotopic (exact) mass is 646 g/mol. The number of nitrogens with one attached hydrogen (secondary N) is 4. The van der Waals surface area contributed by atoms with Gasteiger partial charge in [0.1, 0.15) is 16.7 Å². The number of amides is 1. The van der Waals surface area contributed by atoms with Crippen molar-refractivity contribution in [1.29, 1.82) is 0 Å². The van der Waals surface area contributed by atoms with Crippen LogP contribution in [-0.2, 0) is 21.2 Å². The Bertz CT molecular complexity index is 1920. The molecule has 3 aromatic carbocycles. The van der Waals surface area contributed by atoms with Crippen molar-refractivity contribution in [1.82, 2.24) is 25.5 Å². The second-order valence-corrected chi connectivity index (χ2v) is 13.6. The molecule has 13 heteroatoms. The number of nitrogens with two attached hydrogens (primary N) is 2. The van der Waals surface area contributed by atoms with Crippen LogP contribution >= 0.6 is 11.6 Å². The summed E-state index contributed by atoms with van der Waals surface area (Å²) < 4.78 is 28.6. The fraction of sp³-hybridized carbons (Fsp3) is 0.281. The summed E-state index contributed by atoms with van der Waals surface area (Å²) in [6.45, 7) is 0.631. The van der Waals surface area contributed by atoms with Crippen LogP contribution in [0.25, 0.3) is 22.2 Å². The minimum atomic E-state index is -3.78. The van der Waals surface area contributed by atoms with E-state index in [2.05, 4.69) is 25.2 Å². The van der Waals surface area contributed by atoms with Crippen LogP contribution in [0, 0.1) is 11.8 Å². The molecule has 1 atom stereocenters. The summed E-state index contributed by atoms with van der Waals surface area (Å²) in [6, 6.07) is 20.3. The van der Waals surface area contributed by atoms with Gasteiger partial charge in [-0.15, -0.1) is 0 Å². The highest BCUT2D eigenvalue weighted by molar-refractivity contribution is 7.92. The number of imidazole rings is 1. The Hall–Kier alpha value is -4.39. The topological polar surface area (TPSA) is 185 Å². The Morgan fingerprint density at radius 1 is 1.02 bits per heavy atom. The summed E-state index contributed by atoms with van der Waals surface area (Å²) in [5.41, 5.74) is 15.0. The predicted octanol–water partition coefficient (Wildman–Crippen LogP) is 5.15. The molecule has 45 heavy (non-hydrogen) atoms. The third-order valence-electron chi connectivity index (χ3n) is 8.41. The number of aromatic nitrogens is 4. The molecule has 11 nitrogen and oxygen atoms in total. The predicted molar refractivity (Wildman–Crippen MR) is 176 cm³/mol. The second-order valence-electron chi connectivity index (χ2n) is 11.5. The summed E-state index contributed by atoms with van der Waals surface area (Å²) in [5.74, 6) is 1.15. The van der Waals surface area contributed by atoms with Gasteiger partial charge in [-0.25, -0.2) is 13.4 Å². The number of aromatic amines is 2. The lowest BCUT2D eigenvalue weighted by atomic mass is 9.81. The van der Waals surface area contributed by atoms with Gasteiger partial charge in [0.05, 0.1) is 16.5 Å². The number of fused-ring (bicyclic) bond motifs is 1. The molecule has 1 amide bonds. The number of sulfonamides is 1. The van der Waals surface area contributed by atoms with E-state index < -0.39 is 16.1 Å². The third kappa shape index (κ3) is 6.82. The molecule has 1 saturated carbocycles. The largest absolute Gasteiger partial charge is 0.382 e. The number of anilines is 2. The molecule has 234 valence electrons. The van der Waals surface area contributed by atoms with Gasteiger partial charge < -0.3 is 21.8 Å². The van der Waals surface area contributed by atoms with Crippen LogP contribution in [0.15, 0.2) is 77.7 Å². The maximum atomic E-state index is 13.6. The molecule has 2 aromatic heterocycles. The molecule has 0 spiro atoms. The minimum Gasteiger partial charge on any atom is -0.382 e. The fourth-order valence-corrected chi connectivity index (χ4v) is 7.21. The molecule has 1 aliphatic rings. The number of hydrogen-bond acceptors (Lipinski definition) is 7. The Morgan fingerprint density at radius 3 is 2.56 bits per heavy atom. The lowest BCUT2D eigenvalue weighted by Gasteiger charge is -2.28. The zero-order valence-electron chi connectivity index (χ0n) is 24.5. The van der Waals surface area contributed by atoms with E-state index in [9.17, 15) is 13.2 Å². The number of carbonyl (C=O) groups is 1. The van der Waals surface area contributed by atoms with Gasteiger partial charge in [0.15, 0.2) is 5.82 Å². The van der Waals surface area contributed by atoms with Crippen molar-refractivity contribution in [3.63, 3.8) is 0 Å². The van der Waals surface area contributed by atoms with E-state index in [0.29, 0.717) is 47.1 Å². The highest BCUT2D eigenvalue weighted by Gasteiger charge is 2.29. The molecule has 1 fully saturated rings. The van der Waals surface area contributed by atoms with Gasteiger partial charge in [0.25, 0.3) is 10.0 Å². The highest BCUT2D eigenvalue weighted by Crippen LogP contribution is 2.33. The SMILES string of the molecule is NCC1CCC(C(=O)NC(Cc2cccc(NS(=O)(=O)c3ccccc3)c2)c2nc(-c3ccc4c(N)n[nH]c4c3)c(Cl)[nH]2)CC1. The maximum absolute atomic E-state index is 13.6. The van der Waals surface area contributed by atoms with Crippen LogP contribution in [0.5, 0.6) is 0 Å². The lowest BCUT2D eigenvalue weighted by Crippen LogP contribution is -2.37. The molecule has 0 aliphatic heterocycles. The summed E-state index contributed by atoms with van der Waals surface area (Å²) in [4.78, 5) is 21.7. The molecule has 6 rings (SSSR count). The molecule has 2 heterocycles. The van der Waals surface area contributed by atoms with Gasteiger partial charge in [-0.3, -0.25) is 14.6 Å². The number of nitrogen functional groups attached to an aromatic ring is 1. The van der Waals surface area contributed by atoms with Gasteiger partial charge in [0.2, 0.25) is 5.91 Å². The molecule has 0 radical (unpaired) electrons. The molecule has 8 N–H and O–H groups in total. The van der Waals surface area contributed by atoms with Gasteiger partial charge in [-0.05, 0) is 86.5 Å². The summed E-state index contributed by atoms with van der Waals surface area (Å²) in [7, 11) is -3.78. The first-order valence-corrected chi connectivity index (χ1v) is 16.7. The van der Waals surface area contributed by atoms with Crippen LogP contribution in [0.4, 0.5) is 11.5 Å². The van der Waals surface area contributed by atoms with Crippen molar-refractivity contribution >= 4 is 49.9 Å². The molecule has 0 bridgehead atoms. The van der Waals surface area contributed by atoms with E-state index in [1.807, 2.05) is 24.3 Å². The molecule has 0 saturated heterocycles. The Balaban J connectivity index is 1.28. The van der Waals surface area contributed by atoms with Crippen molar-refractivity contribution in [2.75, 3.05) is 17.0 Å². The quantitative estimate of drug-likeness (QED) is 0.121. The van der Waals surface area contributed by atoms with E-state index in [0.717, 1.165) is 47.7 Å². The summed E-state index contributed by atoms with van der Waals surface area (Å²) in [6.07, 6.45) is 3.72. The Kier molecular flexibility index (Phi) is 8.79. The van der Waals surface area contributed by atoms with Crippen LogP contribution in [0.2, 0.25) is 5.15 Å². The smallest absolute Gasteiger partial charge is 0.261 e. The number of halogens is 1. The number of rotatable bonds is 10. The number of nitrogens with zero attached hydrogens (tertiary/aromatic N) is 2. The summed E-state index contributed by atoms with van der Waals surface area (Å²) in [5, 5.41) is 11.3. The minimum absolute atomic E-state index is 0.0557. The second kappa shape index (κ2) is 12.9. The van der Waals surface area contributed by atoms with Crippen molar-refractivity contribution < 1.29 is 13.2 Å². The van der Waals surface area contributed by atoms with Gasteiger partial charge in [0, 0.05) is 22.6 Å². The third-order valence-corrected chi connectivity index (χ3v) is 10.1. The molecule has 5 aromatic rings. The van der Waals surface area contributed by atoms with Crippen LogP contribution in [0.1, 0.15) is 43.1 Å². The molecular formula is C32H35ClN8O3S. The normalized spacial score (nSPS) is 17.6. The zero-order chi connectivity index (χ0) is 31.6. The van der Waals surface area contributed by atoms with E-state index in [1.165, 1.54) is 12.1 Å². The zero-order valence-corrected chi connectivity index (χ0v) is 26.0. The van der Waals surface area contributed by atoms with Crippen molar-refractivity contribution in [2.24, 2.45) is 17.6 Å². The van der Waals surface area contributed by atoms with Crippen LogP contribution < -0.4 is 21.5 Å². The van der Waals surface area contributed by atoms with Crippen molar-refractivity contribution in [3.8, 4) is 11.3 Å². The van der Waals surface area contributed by atoms with Crippen molar-refractivity contribution in [2.45, 2.75) is 43.0 Å². The standard InChI is InChI=1S/C32H35ClN8O3S/c33-29-28(22-13-14-25-26(17-22)39-40-30(25)35)37-31(38-29)27(36-32(42)21-11-9-19(18-34)10-12-21)16-20-5-4-6-23(15-20)41-45(43,44)24-7-2-1-3-8-24/h1-8,13-15,17,19,21,27,41H,9-12,16,18,34H2,(H,36,42)(H,37,38)(H3,35,39,40). The Labute approximate surface area is 266 Å². The van der Waals surface area contributed by atoms with E-state index in [1.54, 1.807) is 36.4 Å². The van der Waals surface area contributed by atoms with E-state index >= 15 is 0 Å².